The standard InChI is InChI=1S/C23H33N3O3S/c1-4-29-23-19(2)17-22(18-20(23)3)30(27,28)24-11-8-12-25-13-15-26(16-14-25)21-9-6-5-7-10-21/h5-7,9-10,17-18,24H,4,8,11-16H2,1-3H3. The van der Waals surface area contributed by atoms with Gasteiger partial charge in [0.15, 0.2) is 0 Å². The molecule has 1 saturated heterocycles. The Hall–Kier alpha value is -2.09. The van der Waals surface area contributed by atoms with E-state index in [9.17, 15) is 8.42 Å². The van der Waals surface area contributed by atoms with Gasteiger partial charge in [0.2, 0.25) is 10.0 Å². The highest BCUT2D eigenvalue weighted by Gasteiger charge is 2.19. The van der Waals surface area contributed by atoms with Crippen molar-refractivity contribution >= 4 is 15.7 Å². The normalized spacial score (nSPS) is 15.4. The average Bonchev–Trinajstić information content (AvgIpc) is 2.75. The van der Waals surface area contributed by atoms with Crippen LogP contribution in [0.4, 0.5) is 5.69 Å². The summed E-state index contributed by atoms with van der Waals surface area (Å²) in [5.74, 6) is 0.770. The molecule has 164 valence electrons. The zero-order valence-electron chi connectivity index (χ0n) is 18.2. The van der Waals surface area contributed by atoms with Crippen LogP contribution in [0, 0.1) is 13.8 Å². The molecule has 0 aliphatic carbocycles. The predicted octanol–water partition coefficient (Wildman–Crippen LogP) is 3.19. The van der Waals surface area contributed by atoms with Gasteiger partial charge in [0.05, 0.1) is 11.5 Å². The van der Waals surface area contributed by atoms with Gasteiger partial charge in [-0.15, -0.1) is 0 Å². The van der Waals surface area contributed by atoms with E-state index >= 15 is 0 Å². The first-order chi connectivity index (χ1) is 14.4. The molecule has 0 amide bonds. The van der Waals surface area contributed by atoms with Crippen LogP contribution in [-0.4, -0.2) is 59.2 Å². The van der Waals surface area contributed by atoms with Crippen LogP contribution in [0.1, 0.15) is 24.5 Å². The maximum Gasteiger partial charge on any atom is 0.240 e. The van der Waals surface area contributed by atoms with Crippen LogP contribution in [0.2, 0.25) is 0 Å². The lowest BCUT2D eigenvalue weighted by atomic mass is 10.1. The quantitative estimate of drug-likeness (QED) is 0.618. The molecule has 2 aromatic rings. The van der Waals surface area contributed by atoms with Gasteiger partial charge < -0.3 is 9.64 Å². The Labute approximate surface area is 180 Å². The van der Waals surface area contributed by atoms with Gasteiger partial charge in [-0.05, 0) is 69.1 Å². The zero-order chi connectivity index (χ0) is 21.6. The number of hydrogen-bond donors (Lipinski definition) is 1. The van der Waals surface area contributed by atoms with Gasteiger partial charge in [0.25, 0.3) is 0 Å². The summed E-state index contributed by atoms with van der Waals surface area (Å²) >= 11 is 0. The van der Waals surface area contributed by atoms with E-state index in [0.29, 0.717) is 18.0 Å². The van der Waals surface area contributed by atoms with Crippen molar-refractivity contribution in [3.63, 3.8) is 0 Å². The van der Waals surface area contributed by atoms with E-state index < -0.39 is 10.0 Å². The lowest BCUT2D eigenvalue weighted by Gasteiger charge is -2.36. The molecule has 0 atom stereocenters. The van der Waals surface area contributed by atoms with E-state index in [4.69, 9.17) is 4.74 Å². The van der Waals surface area contributed by atoms with E-state index in [2.05, 4.69) is 38.8 Å². The van der Waals surface area contributed by atoms with Crippen molar-refractivity contribution in [3.05, 3.63) is 53.6 Å². The SMILES string of the molecule is CCOc1c(C)cc(S(=O)(=O)NCCCN2CCN(c3ccccc3)CC2)cc1C. The fourth-order valence-corrected chi connectivity index (χ4v) is 5.14. The first kappa shape index (κ1) is 22.6. The summed E-state index contributed by atoms with van der Waals surface area (Å²) in [7, 11) is -3.52. The van der Waals surface area contributed by atoms with E-state index in [1.807, 2.05) is 26.8 Å². The van der Waals surface area contributed by atoms with Crippen LogP contribution in [-0.2, 0) is 10.0 Å². The minimum atomic E-state index is -3.52. The summed E-state index contributed by atoms with van der Waals surface area (Å²) in [6, 6.07) is 13.8. The Morgan fingerprint density at radius 3 is 2.23 bits per heavy atom. The third-order valence-electron chi connectivity index (χ3n) is 5.47. The Morgan fingerprint density at radius 1 is 1.00 bits per heavy atom. The number of anilines is 1. The smallest absolute Gasteiger partial charge is 0.240 e. The second-order valence-corrected chi connectivity index (χ2v) is 9.50. The van der Waals surface area contributed by atoms with Crippen LogP contribution in [0.3, 0.4) is 0 Å². The van der Waals surface area contributed by atoms with Gasteiger partial charge in [0.1, 0.15) is 5.75 Å². The highest BCUT2D eigenvalue weighted by atomic mass is 32.2. The highest BCUT2D eigenvalue weighted by molar-refractivity contribution is 7.89. The number of hydrogen-bond acceptors (Lipinski definition) is 5. The van der Waals surface area contributed by atoms with E-state index in [1.165, 1.54) is 5.69 Å². The Kier molecular flexibility index (Phi) is 7.75. The molecule has 30 heavy (non-hydrogen) atoms. The molecule has 1 aliphatic rings. The fourth-order valence-electron chi connectivity index (χ4n) is 3.90. The number of ether oxygens (including phenoxy) is 1. The number of rotatable bonds is 9. The molecular formula is C23H33N3O3S. The summed E-state index contributed by atoms with van der Waals surface area (Å²) in [4.78, 5) is 5.10. The van der Waals surface area contributed by atoms with Crippen molar-refractivity contribution in [3.8, 4) is 5.75 Å². The second kappa shape index (κ2) is 10.3. The maximum absolute atomic E-state index is 12.7. The summed E-state index contributed by atoms with van der Waals surface area (Å²) in [6.07, 6.45) is 0.791. The molecule has 2 aromatic carbocycles. The molecule has 0 radical (unpaired) electrons. The first-order valence-electron chi connectivity index (χ1n) is 10.7. The summed E-state index contributed by atoms with van der Waals surface area (Å²) < 4.78 is 33.7. The predicted molar refractivity (Wildman–Crippen MR) is 122 cm³/mol. The lowest BCUT2D eigenvalue weighted by molar-refractivity contribution is 0.255. The molecule has 0 aromatic heterocycles. The number of nitrogens with zero attached hydrogens (tertiary/aromatic N) is 2. The van der Waals surface area contributed by atoms with Gasteiger partial charge in [0, 0.05) is 38.4 Å². The molecule has 0 saturated carbocycles. The molecular weight excluding hydrogens is 398 g/mol. The number of nitrogens with one attached hydrogen (secondary N) is 1. The van der Waals surface area contributed by atoms with Gasteiger partial charge in [-0.3, -0.25) is 4.90 Å². The molecule has 6 nitrogen and oxygen atoms in total. The van der Waals surface area contributed by atoms with Crippen LogP contribution in [0.25, 0.3) is 0 Å². The summed E-state index contributed by atoms with van der Waals surface area (Å²) in [5, 5.41) is 0. The van der Waals surface area contributed by atoms with E-state index in [1.54, 1.807) is 12.1 Å². The van der Waals surface area contributed by atoms with Crippen molar-refractivity contribution in [1.29, 1.82) is 0 Å². The van der Waals surface area contributed by atoms with Crippen molar-refractivity contribution in [2.45, 2.75) is 32.1 Å². The highest BCUT2D eigenvalue weighted by Crippen LogP contribution is 2.26. The Balaban J connectivity index is 1.45. The first-order valence-corrected chi connectivity index (χ1v) is 12.1. The minimum Gasteiger partial charge on any atom is -0.493 e. The number of piperazine rings is 1. The third kappa shape index (κ3) is 5.74. The van der Waals surface area contributed by atoms with Crippen molar-refractivity contribution in [2.75, 3.05) is 50.8 Å². The zero-order valence-corrected chi connectivity index (χ0v) is 19.0. The molecule has 3 rings (SSSR count). The number of sulfonamides is 1. The molecule has 1 heterocycles. The minimum absolute atomic E-state index is 0.303. The molecule has 1 N–H and O–H groups in total. The van der Waals surface area contributed by atoms with Crippen molar-refractivity contribution in [1.82, 2.24) is 9.62 Å². The number of aryl methyl sites for hydroxylation is 2. The molecule has 7 heteroatoms. The largest absolute Gasteiger partial charge is 0.493 e. The Bertz CT molecular complexity index is 901. The third-order valence-corrected chi connectivity index (χ3v) is 6.91. The summed E-state index contributed by atoms with van der Waals surface area (Å²) in [5.41, 5.74) is 2.95. The van der Waals surface area contributed by atoms with E-state index in [0.717, 1.165) is 56.0 Å². The second-order valence-electron chi connectivity index (χ2n) is 7.73. The topological polar surface area (TPSA) is 61.9 Å². The van der Waals surface area contributed by atoms with Gasteiger partial charge in [-0.1, -0.05) is 18.2 Å². The monoisotopic (exact) mass is 431 g/mol. The average molecular weight is 432 g/mol. The van der Waals surface area contributed by atoms with Crippen LogP contribution in [0.15, 0.2) is 47.4 Å². The molecule has 1 aliphatic heterocycles. The van der Waals surface area contributed by atoms with Crippen LogP contribution >= 0.6 is 0 Å². The van der Waals surface area contributed by atoms with Gasteiger partial charge in [-0.2, -0.15) is 0 Å². The van der Waals surface area contributed by atoms with Gasteiger partial charge >= 0.3 is 0 Å². The van der Waals surface area contributed by atoms with Gasteiger partial charge in [-0.25, -0.2) is 13.1 Å². The molecule has 1 fully saturated rings. The van der Waals surface area contributed by atoms with E-state index in [-0.39, 0.29) is 0 Å². The Morgan fingerprint density at radius 2 is 1.63 bits per heavy atom. The molecule has 0 spiro atoms. The summed E-state index contributed by atoms with van der Waals surface area (Å²) in [6.45, 7) is 11.6. The van der Waals surface area contributed by atoms with Crippen LogP contribution < -0.4 is 14.4 Å². The van der Waals surface area contributed by atoms with Crippen molar-refractivity contribution in [2.24, 2.45) is 0 Å². The maximum atomic E-state index is 12.7. The molecule has 0 unspecified atom stereocenters. The van der Waals surface area contributed by atoms with Crippen molar-refractivity contribution < 1.29 is 13.2 Å². The lowest BCUT2D eigenvalue weighted by Crippen LogP contribution is -2.47. The molecule has 0 bridgehead atoms. The number of benzene rings is 2. The number of para-hydroxylation sites is 1. The van der Waals surface area contributed by atoms with Crippen LogP contribution in [0.5, 0.6) is 5.75 Å². The fraction of sp³-hybridized carbons (Fsp3) is 0.478.